The summed E-state index contributed by atoms with van der Waals surface area (Å²) in [5.41, 5.74) is 2.26. The molecule has 2 N–H and O–H groups in total. The highest BCUT2D eigenvalue weighted by Crippen LogP contribution is 2.30. The Kier molecular flexibility index (Phi) is 6.82. The number of nitrogens with zero attached hydrogens (tertiary/aromatic N) is 4. The third-order valence-electron chi connectivity index (χ3n) is 5.69. The Morgan fingerprint density at radius 1 is 0.912 bits per heavy atom. The highest BCUT2D eigenvalue weighted by Gasteiger charge is 2.20. The molecule has 34 heavy (non-hydrogen) atoms. The van der Waals surface area contributed by atoms with E-state index in [4.69, 9.17) is 33.3 Å². The third-order valence-corrected chi connectivity index (χ3v) is 6.13. The molecule has 3 aromatic rings. The fourth-order valence-corrected chi connectivity index (χ4v) is 4.32. The molecule has 1 saturated heterocycles. The van der Waals surface area contributed by atoms with Crippen molar-refractivity contribution < 1.29 is 9.47 Å². The zero-order valence-electron chi connectivity index (χ0n) is 18.5. The van der Waals surface area contributed by atoms with Crippen LogP contribution in [0.3, 0.4) is 0 Å². The Morgan fingerprint density at radius 3 is 2.44 bits per heavy atom. The first kappa shape index (κ1) is 22.5. The first-order valence-electron chi connectivity index (χ1n) is 11.2. The fraction of sp³-hybridized carbons (Fsp3) is 0.292. The highest BCUT2D eigenvalue weighted by atomic mass is 35.5. The fourth-order valence-electron chi connectivity index (χ4n) is 3.98. The maximum absolute atomic E-state index is 6.30. The normalized spacial score (nSPS) is 15.1. The van der Waals surface area contributed by atoms with E-state index in [-0.39, 0.29) is 0 Å². The average Bonchev–Trinajstić information content (AvgIpc) is 2.87. The monoisotopic (exact) mass is 496 g/mol. The van der Waals surface area contributed by atoms with Crippen molar-refractivity contribution in [3.05, 3.63) is 65.3 Å². The molecule has 1 fully saturated rings. The lowest BCUT2D eigenvalue weighted by Crippen LogP contribution is -2.46. The van der Waals surface area contributed by atoms with Gasteiger partial charge >= 0.3 is 0 Å². The number of para-hydroxylation sites is 1. The van der Waals surface area contributed by atoms with Crippen molar-refractivity contribution >= 4 is 46.4 Å². The summed E-state index contributed by atoms with van der Waals surface area (Å²) >= 11 is 11.7. The lowest BCUT2D eigenvalue weighted by molar-refractivity contribution is 0.171. The van der Waals surface area contributed by atoms with Crippen LogP contribution in [0.15, 0.2) is 54.6 Å². The molecule has 0 radical (unpaired) electrons. The van der Waals surface area contributed by atoms with Crippen molar-refractivity contribution in [2.45, 2.75) is 6.54 Å². The van der Waals surface area contributed by atoms with Gasteiger partial charge in [0.25, 0.3) is 0 Å². The van der Waals surface area contributed by atoms with Crippen molar-refractivity contribution in [1.82, 2.24) is 15.3 Å². The summed E-state index contributed by atoms with van der Waals surface area (Å²) in [4.78, 5) is 13.5. The SMILES string of the molecule is S=C(NCc1ccc2c(c1)OCCO2)Nc1nc(Cl)cc(N2CCN(c3ccccc3)CC2)n1. The predicted octanol–water partition coefficient (Wildman–Crippen LogP) is 3.71. The van der Waals surface area contributed by atoms with Gasteiger partial charge in [-0.3, -0.25) is 0 Å². The van der Waals surface area contributed by atoms with Crippen molar-refractivity contribution in [3.63, 3.8) is 0 Å². The molecule has 5 rings (SSSR count). The van der Waals surface area contributed by atoms with E-state index in [0.29, 0.717) is 36.0 Å². The molecule has 2 aliphatic heterocycles. The van der Waals surface area contributed by atoms with Gasteiger partial charge in [0.2, 0.25) is 5.95 Å². The average molecular weight is 497 g/mol. The third kappa shape index (κ3) is 5.43. The van der Waals surface area contributed by atoms with Gasteiger partial charge in [-0.25, -0.2) is 4.98 Å². The largest absolute Gasteiger partial charge is 0.486 e. The highest BCUT2D eigenvalue weighted by molar-refractivity contribution is 7.80. The molecule has 8 nitrogen and oxygen atoms in total. The molecule has 0 unspecified atom stereocenters. The van der Waals surface area contributed by atoms with Crippen LogP contribution in [0.4, 0.5) is 17.5 Å². The molecule has 0 amide bonds. The number of halogens is 1. The molecule has 1 aromatic heterocycles. The standard InChI is InChI=1S/C24H25ClN6O2S/c25-21-15-22(31-10-8-30(9-11-31)18-4-2-1-3-5-18)28-23(27-21)29-24(34)26-16-17-6-7-19-20(14-17)33-13-12-32-19/h1-7,14-15H,8-13,16H2,(H2,26,27,28,29,34). The number of benzene rings is 2. The number of thiocarbonyl (C=S) groups is 1. The van der Waals surface area contributed by atoms with Crippen LogP contribution in [0.25, 0.3) is 0 Å². The van der Waals surface area contributed by atoms with E-state index in [1.54, 1.807) is 6.07 Å². The minimum Gasteiger partial charge on any atom is -0.486 e. The van der Waals surface area contributed by atoms with Crippen molar-refractivity contribution in [2.24, 2.45) is 0 Å². The molecule has 0 saturated carbocycles. The summed E-state index contributed by atoms with van der Waals surface area (Å²) in [6.07, 6.45) is 0. The zero-order chi connectivity index (χ0) is 23.3. The Balaban J connectivity index is 1.17. The van der Waals surface area contributed by atoms with Gasteiger partial charge < -0.3 is 29.9 Å². The van der Waals surface area contributed by atoms with E-state index in [2.05, 4.69) is 54.7 Å². The first-order valence-corrected chi connectivity index (χ1v) is 12.0. The van der Waals surface area contributed by atoms with Crippen LogP contribution in [0.1, 0.15) is 5.56 Å². The van der Waals surface area contributed by atoms with Gasteiger partial charge in [-0.15, -0.1) is 0 Å². The molecular formula is C24H25ClN6O2S. The Labute approximate surface area is 208 Å². The molecular weight excluding hydrogens is 472 g/mol. The molecule has 176 valence electrons. The van der Waals surface area contributed by atoms with E-state index in [1.807, 2.05) is 24.3 Å². The zero-order valence-corrected chi connectivity index (χ0v) is 20.1. The molecule has 2 aliphatic rings. The number of hydrogen-bond donors (Lipinski definition) is 2. The van der Waals surface area contributed by atoms with E-state index >= 15 is 0 Å². The lowest BCUT2D eigenvalue weighted by Gasteiger charge is -2.36. The van der Waals surface area contributed by atoms with E-state index in [1.165, 1.54) is 5.69 Å². The molecule has 0 bridgehead atoms. The number of hydrogen-bond acceptors (Lipinski definition) is 7. The van der Waals surface area contributed by atoms with Crippen LogP contribution in [-0.4, -0.2) is 54.5 Å². The number of fused-ring (bicyclic) bond motifs is 1. The second-order valence-corrected chi connectivity index (χ2v) is 8.76. The quantitative estimate of drug-likeness (QED) is 0.406. The Hall–Kier alpha value is -3.30. The van der Waals surface area contributed by atoms with Crippen LogP contribution in [0.2, 0.25) is 5.15 Å². The van der Waals surface area contributed by atoms with E-state index in [0.717, 1.165) is 49.1 Å². The molecule has 2 aromatic carbocycles. The summed E-state index contributed by atoms with van der Waals surface area (Å²) < 4.78 is 11.2. The first-order chi connectivity index (χ1) is 16.6. The maximum Gasteiger partial charge on any atom is 0.232 e. The van der Waals surface area contributed by atoms with E-state index in [9.17, 15) is 0 Å². The summed E-state index contributed by atoms with van der Waals surface area (Å²) in [6, 6.07) is 18.1. The summed E-state index contributed by atoms with van der Waals surface area (Å²) in [5.74, 6) is 2.66. The van der Waals surface area contributed by atoms with Gasteiger partial charge in [0.15, 0.2) is 16.6 Å². The summed E-state index contributed by atoms with van der Waals surface area (Å²) in [7, 11) is 0. The van der Waals surface area contributed by atoms with Crippen LogP contribution >= 0.6 is 23.8 Å². The van der Waals surface area contributed by atoms with Crippen molar-refractivity contribution in [2.75, 3.05) is 54.5 Å². The second kappa shape index (κ2) is 10.3. The summed E-state index contributed by atoms with van der Waals surface area (Å²) in [5, 5.41) is 7.01. The minimum atomic E-state index is 0.368. The number of anilines is 3. The van der Waals surface area contributed by atoms with Crippen molar-refractivity contribution in [3.8, 4) is 11.5 Å². The Morgan fingerprint density at radius 2 is 1.65 bits per heavy atom. The van der Waals surface area contributed by atoms with Crippen molar-refractivity contribution in [1.29, 1.82) is 0 Å². The Bertz CT molecular complexity index is 1160. The smallest absolute Gasteiger partial charge is 0.232 e. The van der Waals surface area contributed by atoms with Gasteiger partial charge in [-0.2, -0.15) is 4.98 Å². The molecule has 0 spiro atoms. The predicted molar refractivity (Wildman–Crippen MR) is 138 cm³/mol. The summed E-state index contributed by atoms with van der Waals surface area (Å²) in [6.45, 7) is 5.15. The van der Waals surface area contributed by atoms with Crippen LogP contribution in [-0.2, 0) is 6.54 Å². The van der Waals surface area contributed by atoms with E-state index < -0.39 is 0 Å². The number of rotatable bonds is 5. The second-order valence-electron chi connectivity index (χ2n) is 7.97. The maximum atomic E-state index is 6.30. The van der Waals surface area contributed by atoms with Gasteiger partial charge in [-0.05, 0) is 42.0 Å². The number of piperazine rings is 1. The van der Waals surface area contributed by atoms with Gasteiger partial charge in [0.05, 0.1) is 0 Å². The molecule has 10 heteroatoms. The number of ether oxygens (including phenoxy) is 2. The van der Waals surface area contributed by atoms with Crippen LogP contribution in [0.5, 0.6) is 11.5 Å². The molecule has 0 aliphatic carbocycles. The topological polar surface area (TPSA) is 74.8 Å². The van der Waals surface area contributed by atoms with Gasteiger partial charge in [-0.1, -0.05) is 35.9 Å². The number of aromatic nitrogens is 2. The van der Waals surface area contributed by atoms with Crippen LogP contribution in [0, 0.1) is 0 Å². The lowest BCUT2D eigenvalue weighted by atomic mass is 10.2. The molecule has 3 heterocycles. The number of nitrogens with one attached hydrogen (secondary N) is 2. The van der Waals surface area contributed by atoms with Gasteiger partial charge in [0.1, 0.15) is 24.2 Å². The minimum absolute atomic E-state index is 0.368. The molecule has 0 atom stereocenters. The van der Waals surface area contributed by atoms with Crippen LogP contribution < -0.4 is 29.9 Å². The van der Waals surface area contributed by atoms with Gasteiger partial charge in [0, 0.05) is 44.5 Å².